The number of carbonyl (C=O) groups excluding carboxylic acids is 1. The van der Waals surface area contributed by atoms with E-state index >= 15 is 0 Å². The predicted octanol–water partition coefficient (Wildman–Crippen LogP) is 1.35. The fourth-order valence-electron chi connectivity index (χ4n) is 1.12. The zero-order valence-electron chi connectivity index (χ0n) is 8.04. The van der Waals surface area contributed by atoms with Gasteiger partial charge in [0.05, 0.1) is 18.6 Å². The second-order valence-corrected chi connectivity index (χ2v) is 2.89. The third-order valence-electron chi connectivity index (χ3n) is 1.77. The lowest BCUT2D eigenvalue weighted by atomic mass is 9.98. The fraction of sp³-hybridized carbons (Fsp3) is 0.889. The van der Waals surface area contributed by atoms with E-state index in [0.29, 0.717) is 13.0 Å². The molecule has 1 N–H and O–H groups in total. The molecule has 0 heterocycles. The van der Waals surface area contributed by atoms with Crippen LogP contribution in [0.3, 0.4) is 0 Å². The van der Waals surface area contributed by atoms with Gasteiger partial charge in [0.25, 0.3) is 0 Å². The molecule has 0 saturated carbocycles. The molecule has 0 aliphatic carbocycles. The van der Waals surface area contributed by atoms with Crippen molar-refractivity contribution in [2.75, 3.05) is 6.61 Å². The third-order valence-corrected chi connectivity index (χ3v) is 1.77. The van der Waals surface area contributed by atoms with Gasteiger partial charge in [-0.1, -0.05) is 13.3 Å². The standard InChI is InChI=1S/C9H18O3/c1-4-6-8(7(3)10)9(11)12-5-2/h7-8,10H,4-6H2,1-3H3/t7-,8+/m0/s1. The van der Waals surface area contributed by atoms with E-state index in [1.54, 1.807) is 13.8 Å². The fourth-order valence-corrected chi connectivity index (χ4v) is 1.12. The molecule has 0 aromatic rings. The van der Waals surface area contributed by atoms with Crippen molar-refractivity contribution in [3.8, 4) is 0 Å². The quantitative estimate of drug-likeness (QED) is 0.640. The Bertz CT molecular complexity index is 132. The summed E-state index contributed by atoms with van der Waals surface area (Å²) in [4.78, 5) is 11.2. The summed E-state index contributed by atoms with van der Waals surface area (Å²) >= 11 is 0. The van der Waals surface area contributed by atoms with Crippen molar-refractivity contribution in [3.63, 3.8) is 0 Å². The van der Waals surface area contributed by atoms with Crippen molar-refractivity contribution in [1.82, 2.24) is 0 Å². The maximum Gasteiger partial charge on any atom is 0.311 e. The lowest BCUT2D eigenvalue weighted by Gasteiger charge is -2.16. The third kappa shape index (κ3) is 3.72. The maximum atomic E-state index is 11.2. The van der Waals surface area contributed by atoms with Crippen LogP contribution in [0.1, 0.15) is 33.6 Å². The van der Waals surface area contributed by atoms with Crippen molar-refractivity contribution in [3.05, 3.63) is 0 Å². The second-order valence-electron chi connectivity index (χ2n) is 2.89. The molecule has 72 valence electrons. The van der Waals surface area contributed by atoms with Crippen LogP contribution in [-0.2, 0) is 9.53 Å². The first kappa shape index (κ1) is 11.4. The average Bonchev–Trinajstić information content (AvgIpc) is 1.99. The van der Waals surface area contributed by atoms with E-state index in [9.17, 15) is 9.90 Å². The number of carbonyl (C=O) groups is 1. The smallest absolute Gasteiger partial charge is 0.311 e. The molecule has 0 rings (SSSR count). The molecule has 0 fully saturated rings. The Balaban J connectivity index is 4.00. The van der Waals surface area contributed by atoms with E-state index in [1.165, 1.54) is 0 Å². The van der Waals surface area contributed by atoms with E-state index in [-0.39, 0.29) is 11.9 Å². The van der Waals surface area contributed by atoms with Crippen LogP contribution in [0, 0.1) is 5.92 Å². The number of aliphatic hydroxyl groups is 1. The molecule has 2 atom stereocenters. The van der Waals surface area contributed by atoms with Gasteiger partial charge in [-0.15, -0.1) is 0 Å². The number of rotatable bonds is 5. The summed E-state index contributed by atoms with van der Waals surface area (Å²) in [6.45, 7) is 5.75. The number of aliphatic hydroxyl groups excluding tert-OH is 1. The van der Waals surface area contributed by atoms with Gasteiger partial charge in [-0.25, -0.2) is 0 Å². The minimum Gasteiger partial charge on any atom is -0.466 e. The zero-order chi connectivity index (χ0) is 9.56. The molecule has 0 aromatic heterocycles. The summed E-state index contributed by atoms with van der Waals surface area (Å²) in [5, 5.41) is 9.24. The van der Waals surface area contributed by atoms with Crippen LogP contribution >= 0.6 is 0 Å². The summed E-state index contributed by atoms with van der Waals surface area (Å²) in [6.07, 6.45) is 0.967. The molecule has 3 nitrogen and oxygen atoms in total. The van der Waals surface area contributed by atoms with Crippen molar-refractivity contribution in [2.45, 2.75) is 39.7 Å². The van der Waals surface area contributed by atoms with E-state index in [1.807, 2.05) is 6.92 Å². The minimum absolute atomic E-state index is 0.283. The molecule has 0 aromatic carbocycles. The van der Waals surface area contributed by atoms with Crippen molar-refractivity contribution < 1.29 is 14.6 Å². The summed E-state index contributed by atoms with van der Waals surface area (Å²) < 4.78 is 4.82. The van der Waals surface area contributed by atoms with Gasteiger partial charge in [-0.2, -0.15) is 0 Å². The maximum absolute atomic E-state index is 11.2. The number of hydrogen-bond donors (Lipinski definition) is 1. The van der Waals surface area contributed by atoms with E-state index in [2.05, 4.69) is 0 Å². The first-order valence-electron chi connectivity index (χ1n) is 4.48. The van der Waals surface area contributed by atoms with E-state index in [4.69, 9.17) is 4.74 Å². The molecule has 0 aliphatic rings. The number of esters is 1. The SMILES string of the molecule is CCC[C@@H](C(=O)OCC)[C@H](C)O. The predicted molar refractivity (Wildman–Crippen MR) is 46.7 cm³/mol. The molecule has 0 saturated heterocycles. The summed E-state index contributed by atoms with van der Waals surface area (Å²) in [5.41, 5.74) is 0. The van der Waals surface area contributed by atoms with Crippen molar-refractivity contribution in [2.24, 2.45) is 5.92 Å². The molecule has 0 aliphatic heterocycles. The molecule has 0 amide bonds. The summed E-state index contributed by atoms with van der Waals surface area (Å²) in [5.74, 6) is -0.635. The van der Waals surface area contributed by atoms with Crippen LogP contribution in [0.25, 0.3) is 0 Å². The minimum atomic E-state index is -0.607. The van der Waals surface area contributed by atoms with Crippen LogP contribution in [0.5, 0.6) is 0 Å². The van der Waals surface area contributed by atoms with Crippen molar-refractivity contribution >= 4 is 5.97 Å². The highest BCUT2D eigenvalue weighted by Gasteiger charge is 2.23. The largest absolute Gasteiger partial charge is 0.466 e. The van der Waals surface area contributed by atoms with Crippen LogP contribution in [0.15, 0.2) is 0 Å². The lowest BCUT2D eigenvalue weighted by Crippen LogP contribution is -2.27. The Morgan fingerprint density at radius 3 is 2.42 bits per heavy atom. The zero-order valence-corrected chi connectivity index (χ0v) is 8.04. The normalized spacial score (nSPS) is 15.3. The molecular weight excluding hydrogens is 156 g/mol. The Morgan fingerprint density at radius 2 is 2.08 bits per heavy atom. The molecule has 0 spiro atoms. The van der Waals surface area contributed by atoms with Gasteiger partial charge in [-0.3, -0.25) is 4.79 Å². The molecular formula is C9H18O3. The summed E-state index contributed by atoms with van der Waals surface area (Å²) in [6, 6.07) is 0. The van der Waals surface area contributed by atoms with Gasteiger partial charge in [0.1, 0.15) is 0 Å². The van der Waals surface area contributed by atoms with Gasteiger partial charge in [-0.05, 0) is 20.3 Å². The van der Waals surface area contributed by atoms with Crippen LogP contribution in [0.4, 0.5) is 0 Å². The monoisotopic (exact) mass is 174 g/mol. The number of hydrogen-bond acceptors (Lipinski definition) is 3. The van der Waals surface area contributed by atoms with Gasteiger partial charge < -0.3 is 9.84 Å². The average molecular weight is 174 g/mol. The van der Waals surface area contributed by atoms with Crippen molar-refractivity contribution in [1.29, 1.82) is 0 Å². The molecule has 3 heteroatoms. The Labute approximate surface area is 73.7 Å². The Kier molecular flexibility index (Phi) is 5.72. The molecule has 12 heavy (non-hydrogen) atoms. The highest BCUT2D eigenvalue weighted by Crippen LogP contribution is 2.13. The van der Waals surface area contributed by atoms with Gasteiger partial charge >= 0.3 is 5.97 Å². The molecule has 0 bridgehead atoms. The van der Waals surface area contributed by atoms with Gasteiger partial charge in [0, 0.05) is 0 Å². The Morgan fingerprint density at radius 1 is 1.50 bits per heavy atom. The lowest BCUT2D eigenvalue weighted by molar-refractivity contribution is -0.151. The molecule has 0 unspecified atom stereocenters. The van der Waals surface area contributed by atoms with Crippen LogP contribution < -0.4 is 0 Å². The highest BCUT2D eigenvalue weighted by molar-refractivity contribution is 5.72. The van der Waals surface area contributed by atoms with Crippen LogP contribution in [0.2, 0.25) is 0 Å². The molecule has 0 radical (unpaired) electrons. The first-order chi connectivity index (χ1) is 5.63. The van der Waals surface area contributed by atoms with Gasteiger partial charge in [0.2, 0.25) is 0 Å². The summed E-state index contributed by atoms with van der Waals surface area (Å²) in [7, 11) is 0. The Hall–Kier alpha value is -0.570. The topological polar surface area (TPSA) is 46.5 Å². The second kappa shape index (κ2) is 6.00. The first-order valence-corrected chi connectivity index (χ1v) is 4.48. The van der Waals surface area contributed by atoms with E-state index in [0.717, 1.165) is 6.42 Å². The van der Waals surface area contributed by atoms with Crippen LogP contribution in [-0.4, -0.2) is 23.8 Å². The van der Waals surface area contributed by atoms with E-state index < -0.39 is 6.10 Å². The highest BCUT2D eigenvalue weighted by atomic mass is 16.5. The number of ether oxygens (including phenoxy) is 1. The van der Waals surface area contributed by atoms with Gasteiger partial charge in [0.15, 0.2) is 0 Å².